The highest BCUT2D eigenvalue weighted by Gasteiger charge is 2.08. The van der Waals surface area contributed by atoms with Crippen molar-refractivity contribution in [1.29, 1.82) is 0 Å². The molecule has 1 rings (SSSR count). The summed E-state index contributed by atoms with van der Waals surface area (Å²) in [4.78, 5) is 6.57. The Bertz CT molecular complexity index is 290. The summed E-state index contributed by atoms with van der Waals surface area (Å²) in [5.74, 6) is 0. The van der Waals surface area contributed by atoms with Crippen LogP contribution in [0.25, 0.3) is 0 Å². The Morgan fingerprint density at radius 1 is 1.67 bits per heavy atom. The number of aryl methyl sites for hydroxylation is 1. The fourth-order valence-corrected chi connectivity index (χ4v) is 2.09. The van der Waals surface area contributed by atoms with Gasteiger partial charge in [0.25, 0.3) is 0 Å². The highest BCUT2D eigenvalue weighted by atomic mass is 32.1. The summed E-state index contributed by atoms with van der Waals surface area (Å²) in [6, 6.07) is 0.0692. The molecule has 1 unspecified atom stereocenters. The number of hydrogen-bond donors (Lipinski definition) is 1. The van der Waals surface area contributed by atoms with Crippen LogP contribution in [0.1, 0.15) is 10.7 Å². The number of aromatic nitrogens is 1. The van der Waals surface area contributed by atoms with E-state index < -0.39 is 0 Å². The van der Waals surface area contributed by atoms with E-state index in [1.54, 1.807) is 18.4 Å². The van der Waals surface area contributed by atoms with Crippen LogP contribution in [0.2, 0.25) is 0 Å². The second-order valence-electron chi connectivity index (χ2n) is 3.77. The van der Waals surface area contributed by atoms with E-state index in [0.717, 1.165) is 23.8 Å². The Kier molecular flexibility index (Phi) is 5.17. The van der Waals surface area contributed by atoms with Gasteiger partial charge in [-0.2, -0.15) is 0 Å². The summed E-state index contributed by atoms with van der Waals surface area (Å²) in [5.41, 5.74) is 6.97. The molecule has 1 aromatic heterocycles. The molecule has 0 aliphatic heterocycles. The van der Waals surface area contributed by atoms with Gasteiger partial charge in [-0.15, -0.1) is 11.3 Å². The number of likely N-dealkylation sites (N-methyl/N-ethyl adjacent to an activating group) is 1. The van der Waals surface area contributed by atoms with Gasteiger partial charge in [0, 0.05) is 31.6 Å². The number of rotatable bonds is 6. The minimum atomic E-state index is 0.0692. The maximum atomic E-state index is 5.86. The van der Waals surface area contributed by atoms with Crippen molar-refractivity contribution in [1.82, 2.24) is 9.88 Å². The molecule has 0 aromatic carbocycles. The Morgan fingerprint density at radius 2 is 2.40 bits per heavy atom. The standard InChI is InChI=1S/C10H19N3OS/c1-8-12-10(7-15-8)5-13(2)4-9(11)6-14-3/h7,9H,4-6,11H2,1-3H3. The van der Waals surface area contributed by atoms with Crippen LogP contribution in [-0.4, -0.2) is 43.2 Å². The van der Waals surface area contributed by atoms with Gasteiger partial charge < -0.3 is 10.5 Å². The van der Waals surface area contributed by atoms with Crippen molar-refractivity contribution in [2.45, 2.75) is 19.5 Å². The predicted octanol–water partition coefficient (Wildman–Crippen LogP) is 0.857. The predicted molar refractivity (Wildman–Crippen MR) is 63.0 cm³/mol. The van der Waals surface area contributed by atoms with Crippen molar-refractivity contribution >= 4 is 11.3 Å². The second kappa shape index (κ2) is 6.17. The third kappa shape index (κ3) is 4.70. The molecule has 4 nitrogen and oxygen atoms in total. The van der Waals surface area contributed by atoms with E-state index in [9.17, 15) is 0 Å². The zero-order chi connectivity index (χ0) is 11.3. The van der Waals surface area contributed by atoms with E-state index in [2.05, 4.69) is 15.3 Å². The number of nitrogens with two attached hydrogens (primary N) is 1. The van der Waals surface area contributed by atoms with Crippen LogP contribution in [-0.2, 0) is 11.3 Å². The second-order valence-corrected chi connectivity index (χ2v) is 4.83. The lowest BCUT2D eigenvalue weighted by Crippen LogP contribution is -2.38. The van der Waals surface area contributed by atoms with Gasteiger partial charge >= 0.3 is 0 Å². The third-order valence-corrected chi connectivity index (χ3v) is 2.85. The lowest BCUT2D eigenvalue weighted by molar-refractivity contribution is 0.159. The van der Waals surface area contributed by atoms with E-state index in [0.29, 0.717) is 6.61 Å². The van der Waals surface area contributed by atoms with Crippen LogP contribution in [0, 0.1) is 6.92 Å². The van der Waals surface area contributed by atoms with E-state index in [1.807, 2.05) is 14.0 Å². The first-order valence-electron chi connectivity index (χ1n) is 4.96. The summed E-state index contributed by atoms with van der Waals surface area (Å²) < 4.78 is 4.99. The topological polar surface area (TPSA) is 51.4 Å². The summed E-state index contributed by atoms with van der Waals surface area (Å²) >= 11 is 1.68. The Hall–Kier alpha value is -0.490. The van der Waals surface area contributed by atoms with Gasteiger partial charge in [0.1, 0.15) is 0 Å². The van der Waals surface area contributed by atoms with E-state index in [1.165, 1.54) is 0 Å². The number of methoxy groups -OCH3 is 1. The van der Waals surface area contributed by atoms with Crippen LogP contribution < -0.4 is 5.73 Å². The molecular formula is C10H19N3OS. The van der Waals surface area contributed by atoms with Gasteiger partial charge in [-0.25, -0.2) is 4.98 Å². The Balaban J connectivity index is 2.32. The summed E-state index contributed by atoms with van der Waals surface area (Å²) in [5, 5.41) is 3.20. The molecule has 86 valence electrons. The maximum Gasteiger partial charge on any atom is 0.0897 e. The molecule has 0 aliphatic carbocycles. The van der Waals surface area contributed by atoms with Crippen molar-refractivity contribution < 1.29 is 4.74 Å². The van der Waals surface area contributed by atoms with Crippen molar-refractivity contribution in [3.8, 4) is 0 Å². The molecule has 0 spiro atoms. The van der Waals surface area contributed by atoms with Gasteiger partial charge in [-0.3, -0.25) is 4.90 Å². The molecule has 0 fully saturated rings. The molecule has 15 heavy (non-hydrogen) atoms. The van der Waals surface area contributed by atoms with Crippen LogP contribution in [0.5, 0.6) is 0 Å². The number of ether oxygens (including phenoxy) is 1. The van der Waals surface area contributed by atoms with E-state index in [4.69, 9.17) is 10.5 Å². The summed E-state index contributed by atoms with van der Waals surface area (Å²) in [6.45, 7) is 4.29. The van der Waals surface area contributed by atoms with E-state index in [-0.39, 0.29) is 6.04 Å². The molecule has 0 amide bonds. The maximum absolute atomic E-state index is 5.86. The van der Waals surface area contributed by atoms with Crippen LogP contribution in [0.3, 0.4) is 0 Å². The monoisotopic (exact) mass is 229 g/mol. The molecular weight excluding hydrogens is 210 g/mol. The van der Waals surface area contributed by atoms with Crippen molar-refractivity contribution in [3.63, 3.8) is 0 Å². The lowest BCUT2D eigenvalue weighted by Gasteiger charge is -2.19. The van der Waals surface area contributed by atoms with Gasteiger partial charge in [-0.05, 0) is 14.0 Å². The minimum Gasteiger partial charge on any atom is -0.383 e. The van der Waals surface area contributed by atoms with Gasteiger partial charge in [-0.1, -0.05) is 0 Å². The van der Waals surface area contributed by atoms with Crippen LogP contribution in [0.15, 0.2) is 5.38 Å². The number of hydrogen-bond acceptors (Lipinski definition) is 5. The van der Waals surface area contributed by atoms with Gasteiger partial charge in [0.05, 0.1) is 17.3 Å². The number of thiazole rings is 1. The van der Waals surface area contributed by atoms with Crippen LogP contribution >= 0.6 is 11.3 Å². The largest absolute Gasteiger partial charge is 0.383 e. The van der Waals surface area contributed by atoms with Crippen molar-refractivity contribution in [2.75, 3.05) is 27.3 Å². The summed E-state index contributed by atoms with van der Waals surface area (Å²) in [6.07, 6.45) is 0. The first-order chi connectivity index (χ1) is 7.11. The quantitative estimate of drug-likeness (QED) is 0.786. The first-order valence-corrected chi connectivity index (χ1v) is 5.84. The molecule has 1 heterocycles. The zero-order valence-electron chi connectivity index (χ0n) is 9.56. The van der Waals surface area contributed by atoms with Crippen LogP contribution in [0.4, 0.5) is 0 Å². The van der Waals surface area contributed by atoms with Crippen molar-refractivity contribution in [2.24, 2.45) is 5.73 Å². The van der Waals surface area contributed by atoms with Gasteiger partial charge in [0.15, 0.2) is 0 Å². The molecule has 0 saturated heterocycles. The zero-order valence-corrected chi connectivity index (χ0v) is 10.4. The molecule has 2 N–H and O–H groups in total. The Morgan fingerprint density at radius 3 is 2.93 bits per heavy atom. The highest BCUT2D eigenvalue weighted by Crippen LogP contribution is 2.09. The Labute approximate surface area is 95.1 Å². The molecule has 0 aliphatic rings. The SMILES string of the molecule is COCC(N)CN(C)Cc1csc(C)n1. The smallest absolute Gasteiger partial charge is 0.0897 e. The highest BCUT2D eigenvalue weighted by molar-refractivity contribution is 7.09. The molecule has 5 heteroatoms. The molecule has 1 atom stereocenters. The average molecular weight is 229 g/mol. The number of nitrogens with zero attached hydrogens (tertiary/aromatic N) is 2. The molecule has 0 saturated carbocycles. The normalized spacial score (nSPS) is 13.4. The fraction of sp³-hybridized carbons (Fsp3) is 0.700. The van der Waals surface area contributed by atoms with Crippen molar-refractivity contribution in [3.05, 3.63) is 16.1 Å². The summed E-state index contributed by atoms with van der Waals surface area (Å²) in [7, 11) is 3.72. The first kappa shape index (κ1) is 12.6. The molecule has 0 radical (unpaired) electrons. The molecule has 1 aromatic rings. The molecule has 0 bridgehead atoms. The lowest BCUT2D eigenvalue weighted by atomic mass is 10.3. The fourth-order valence-electron chi connectivity index (χ4n) is 1.49. The van der Waals surface area contributed by atoms with E-state index >= 15 is 0 Å². The third-order valence-electron chi connectivity index (χ3n) is 2.03. The van der Waals surface area contributed by atoms with Gasteiger partial charge in [0.2, 0.25) is 0 Å². The minimum absolute atomic E-state index is 0.0692. The average Bonchev–Trinajstić information content (AvgIpc) is 2.51.